The van der Waals surface area contributed by atoms with E-state index >= 15 is 0 Å². The van der Waals surface area contributed by atoms with Gasteiger partial charge in [-0.3, -0.25) is 28.9 Å². The zero-order valence-electron chi connectivity index (χ0n) is 30.8. The molecule has 14 heteroatoms. The van der Waals surface area contributed by atoms with Crippen molar-refractivity contribution in [3.8, 4) is 0 Å². The van der Waals surface area contributed by atoms with Crippen LogP contribution < -0.4 is 16.0 Å². The molecule has 13 nitrogen and oxygen atoms in total. The summed E-state index contributed by atoms with van der Waals surface area (Å²) in [6.07, 6.45) is 3.73. The van der Waals surface area contributed by atoms with E-state index in [1.165, 1.54) is 0 Å². The van der Waals surface area contributed by atoms with E-state index in [0.717, 1.165) is 27.8 Å². The lowest BCUT2D eigenvalue weighted by molar-refractivity contribution is -0.149. The van der Waals surface area contributed by atoms with Gasteiger partial charge in [-0.05, 0) is 73.2 Å². The molecule has 1 atom stereocenters. The van der Waals surface area contributed by atoms with Crippen LogP contribution in [0.1, 0.15) is 47.6 Å². The molecule has 0 saturated carbocycles. The Morgan fingerprint density at radius 3 is 2.35 bits per heavy atom. The number of piperazine rings is 1. The fourth-order valence-electron chi connectivity index (χ4n) is 8.42. The second-order valence-corrected chi connectivity index (χ2v) is 16.2. The molecule has 7 rings (SSSR count). The first-order valence-corrected chi connectivity index (χ1v) is 19.7. The fraction of sp³-hybridized carbons (Fsp3) is 0.450. The van der Waals surface area contributed by atoms with Crippen LogP contribution in [0.15, 0.2) is 60.8 Å². The molecule has 1 aliphatic carbocycles. The number of aromatic nitrogens is 1. The van der Waals surface area contributed by atoms with Crippen LogP contribution in [0, 0.1) is 5.41 Å². The molecule has 5 amide bonds. The molecule has 1 aromatic heterocycles. The van der Waals surface area contributed by atoms with Crippen molar-refractivity contribution < 1.29 is 24.0 Å². The maximum atomic E-state index is 14.5. The monoisotopic (exact) mass is 846 g/mol. The fourth-order valence-corrected chi connectivity index (χ4v) is 8.90. The molecule has 2 fully saturated rings. The Morgan fingerprint density at radius 2 is 1.63 bits per heavy atom. The zero-order valence-corrected chi connectivity index (χ0v) is 33.0. The number of nitrogens with one attached hydrogen (secondary N) is 3. The highest BCUT2D eigenvalue weighted by Gasteiger charge is 2.51. The number of fused-ring (bicyclic) bond motifs is 3. The summed E-state index contributed by atoms with van der Waals surface area (Å²) in [5, 5.41) is 9.18. The number of carbonyl (C=O) groups is 5. The summed E-state index contributed by atoms with van der Waals surface area (Å²) in [6.45, 7) is 6.45. The molecule has 1 spiro atoms. The number of piperidine rings is 1. The molecule has 4 heterocycles. The Bertz CT molecular complexity index is 1960. The predicted octanol–water partition coefficient (Wildman–Crippen LogP) is 3.56. The summed E-state index contributed by atoms with van der Waals surface area (Å²) in [6, 6.07) is 17.5. The molecule has 3 N–H and O–H groups in total. The third-order valence-corrected chi connectivity index (χ3v) is 12.3. The summed E-state index contributed by atoms with van der Waals surface area (Å²) in [5.74, 6) is 0.162. The van der Waals surface area contributed by atoms with Crippen LogP contribution in [0.3, 0.4) is 0 Å². The number of pyridine rings is 1. The molecular weight excluding hydrogens is 799 g/mol. The largest absolute Gasteiger partial charge is 0.342 e. The molecular formula is C40H47IN8O5. The van der Waals surface area contributed by atoms with Crippen LogP contribution in [0.4, 0.5) is 16.3 Å². The normalized spacial score (nSPS) is 20.3. The number of amides is 5. The van der Waals surface area contributed by atoms with E-state index in [2.05, 4.69) is 25.8 Å². The lowest BCUT2D eigenvalue weighted by Crippen LogP contribution is -2.54. The number of likely N-dealkylation sites (tertiary alicyclic amines) is 1. The minimum Gasteiger partial charge on any atom is -0.342 e. The zero-order chi connectivity index (χ0) is 38.0. The molecule has 0 radical (unpaired) electrons. The van der Waals surface area contributed by atoms with Gasteiger partial charge in [-0.25, -0.2) is 4.98 Å². The summed E-state index contributed by atoms with van der Waals surface area (Å²) in [4.78, 5) is 78.3. The van der Waals surface area contributed by atoms with Crippen molar-refractivity contribution in [1.29, 1.82) is 0 Å². The van der Waals surface area contributed by atoms with Crippen LogP contribution >= 0.6 is 22.6 Å². The number of hydrogen-bond donors (Lipinski definition) is 3. The van der Waals surface area contributed by atoms with E-state index in [9.17, 15) is 24.0 Å². The minimum atomic E-state index is -0.754. The Hall–Kier alpha value is -4.41. The number of nitrogens with zero attached hydrogens (tertiary/aromatic N) is 5. The highest BCUT2D eigenvalue weighted by Crippen LogP contribution is 2.47. The molecule has 0 unspecified atom stereocenters. The molecule has 2 saturated heterocycles. The molecule has 284 valence electrons. The van der Waals surface area contributed by atoms with E-state index in [4.69, 9.17) is 0 Å². The summed E-state index contributed by atoms with van der Waals surface area (Å²) < 4.78 is 0.0254. The number of hydrogen-bond acceptors (Lipinski definition) is 8. The van der Waals surface area contributed by atoms with Gasteiger partial charge in [-0.2, -0.15) is 0 Å². The van der Waals surface area contributed by atoms with Gasteiger partial charge >= 0.3 is 0 Å². The molecule has 54 heavy (non-hydrogen) atoms. The summed E-state index contributed by atoms with van der Waals surface area (Å²) in [5.41, 5.74) is 4.12. The van der Waals surface area contributed by atoms with Crippen molar-refractivity contribution in [2.24, 2.45) is 5.41 Å². The van der Waals surface area contributed by atoms with Crippen molar-refractivity contribution in [3.05, 3.63) is 88.6 Å². The van der Waals surface area contributed by atoms with Gasteiger partial charge in [-0.15, -0.1) is 0 Å². The van der Waals surface area contributed by atoms with Crippen molar-refractivity contribution in [2.45, 2.75) is 51.1 Å². The Balaban J connectivity index is 1.02. The van der Waals surface area contributed by atoms with E-state index < -0.39 is 10.8 Å². The first-order chi connectivity index (χ1) is 26.0. The number of halogens is 1. The van der Waals surface area contributed by atoms with Gasteiger partial charge in [-0.1, -0.05) is 43.3 Å². The third-order valence-electron chi connectivity index (χ3n) is 11.6. The average molecular weight is 847 g/mol. The van der Waals surface area contributed by atoms with Crippen LogP contribution in [0.25, 0.3) is 0 Å². The molecule has 0 bridgehead atoms. The van der Waals surface area contributed by atoms with Crippen molar-refractivity contribution in [1.82, 2.24) is 29.9 Å². The Kier molecular flexibility index (Phi) is 11.1. The Morgan fingerprint density at radius 1 is 0.907 bits per heavy atom. The molecule has 4 aliphatic rings. The van der Waals surface area contributed by atoms with Crippen molar-refractivity contribution in [2.75, 3.05) is 70.0 Å². The summed E-state index contributed by atoms with van der Waals surface area (Å²) in [7, 11) is 1.88. The van der Waals surface area contributed by atoms with Gasteiger partial charge in [0.25, 0.3) is 3.91 Å². The number of carbonyl (C=O) groups excluding carboxylic acids is 5. The lowest BCUT2D eigenvalue weighted by atomic mass is 9.78. The van der Waals surface area contributed by atoms with E-state index in [0.29, 0.717) is 89.5 Å². The first-order valence-electron chi connectivity index (χ1n) is 18.6. The quantitative estimate of drug-likeness (QED) is 0.160. The van der Waals surface area contributed by atoms with Gasteiger partial charge in [0, 0.05) is 97.8 Å². The molecule has 2 aromatic carbocycles. The SMILES string of the molecule is CNCc1ccccc1CN(CC(=O)Nc1ccc2c(c1)C[C@@]1(C2)C(=O)Nc2ncccc21)C(=O)C1(C)CCN(C(=O)CN2CCN(C(=O)I)CC2)CC1. The lowest BCUT2D eigenvalue weighted by Gasteiger charge is -2.42. The standard InChI is InChI=1S/C40H47IN8O5/c1-39(11-14-47(15-12-39)34(51)26-46-16-18-48(19-17-46)38(41)54)37(53)49(24-29-7-4-3-6-28(29)23-42-2)25-33(50)44-31-10-9-27-21-40(22-30(27)20-31)32-8-5-13-43-35(32)45-36(40)52/h3-10,13,20,42H,11-12,14-19,21-26H2,1-2H3,(H,44,50)(H,43,45,52)/t40-/m1/s1. The maximum Gasteiger partial charge on any atom is 0.283 e. The average Bonchev–Trinajstić information content (AvgIpc) is 3.68. The van der Waals surface area contributed by atoms with Crippen LogP contribution in [0.2, 0.25) is 0 Å². The first kappa shape index (κ1) is 37.9. The second kappa shape index (κ2) is 15.7. The van der Waals surface area contributed by atoms with Crippen LogP contribution in [-0.2, 0) is 50.5 Å². The van der Waals surface area contributed by atoms with Crippen LogP contribution in [-0.4, -0.2) is 112 Å². The van der Waals surface area contributed by atoms with E-state index in [1.54, 1.807) is 38.6 Å². The number of rotatable bonds is 10. The molecule has 3 aromatic rings. The smallest absolute Gasteiger partial charge is 0.283 e. The van der Waals surface area contributed by atoms with Gasteiger partial charge < -0.3 is 30.7 Å². The third kappa shape index (κ3) is 7.73. The van der Waals surface area contributed by atoms with Gasteiger partial charge in [0.1, 0.15) is 12.4 Å². The highest BCUT2D eigenvalue weighted by atomic mass is 127. The highest BCUT2D eigenvalue weighted by molar-refractivity contribution is 14.1. The maximum absolute atomic E-state index is 14.5. The van der Waals surface area contributed by atoms with E-state index in [1.807, 2.05) is 73.5 Å². The van der Waals surface area contributed by atoms with Gasteiger partial charge in [0.15, 0.2) is 0 Å². The topological polar surface area (TPSA) is 147 Å². The van der Waals surface area contributed by atoms with Crippen molar-refractivity contribution >= 4 is 61.6 Å². The number of anilines is 2. The van der Waals surface area contributed by atoms with Crippen molar-refractivity contribution in [3.63, 3.8) is 0 Å². The van der Waals surface area contributed by atoms with Crippen LogP contribution in [0.5, 0.6) is 0 Å². The second-order valence-electron chi connectivity index (χ2n) is 15.2. The van der Waals surface area contributed by atoms with Gasteiger partial charge in [0.2, 0.25) is 23.6 Å². The summed E-state index contributed by atoms with van der Waals surface area (Å²) >= 11 is 1.80. The van der Waals surface area contributed by atoms with Gasteiger partial charge in [0.05, 0.1) is 12.0 Å². The number of benzene rings is 2. The minimum absolute atomic E-state index is 0.0254. The molecule has 3 aliphatic heterocycles. The Labute approximate surface area is 329 Å². The predicted molar refractivity (Wildman–Crippen MR) is 213 cm³/mol. The van der Waals surface area contributed by atoms with E-state index in [-0.39, 0.29) is 40.6 Å².